The summed E-state index contributed by atoms with van der Waals surface area (Å²) in [5.74, 6) is 0. The van der Waals surface area contributed by atoms with Crippen LogP contribution in [0.3, 0.4) is 0 Å². The average Bonchev–Trinajstić information content (AvgIpc) is 2.49. The molecule has 15 heavy (non-hydrogen) atoms. The largest absolute Gasteiger partial charge is 0.375 e. The van der Waals surface area contributed by atoms with Crippen molar-refractivity contribution in [2.45, 2.75) is 57.4 Å². The number of rotatable bonds is 2. The van der Waals surface area contributed by atoms with Gasteiger partial charge in [-0.25, -0.2) is 0 Å². The standard InChI is InChI=1S/C12H24N2O/c1-9-6-12(7-10(2)15-9)13-11-4-5-14(3)8-11/h9-13H,4-8H2,1-3H3/t9-,10-,11+/m1/s1. The quantitative estimate of drug-likeness (QED) is 0.745. The number of nitrogens with one attached hydrogen (secondary N) is 1. The van der Waals surface area contributed by atoms with Gasteiger partial charge in [0.1, 0.15) is 0 Å². The molecule has 2 rings (SSSR count). The first-order valence-corrected chi connectivity index (χ1v) is 6.23. The summed E-state index contributed by atoms with van der Waals surface area (Å²) in [6.45, 7) is 6.82. The molecule has 3 heteroatoms. The SMILES string of the molecule is C[C@@H]1CC(N[C@H]2CCN(C)C2)C[C@@H](C)O1. The van der Waals surface area contributed by atoms with Crippen molar-refractivity contribution >= 4 is 0 Å². The van der Waals surface area contributed by atoms with Crippen LogP contribution >= 0.6 is 0 Å². The van der Waals surface area contributed by atoms with E-state index in [0.717, 1.165) is 0 Å². The van der Waals surface area contributed by atoms with Gasteiger partial charge < -0.3 is 15.0 Å². The summed E-state index contributed by atoms with van der Waals surface area (Å²) in [4.78, 5) is 2.41. The van der Waals surface area contributed by atoms with Gasteiger partial charge in [-0.05, 0) is 46.7 Å². The molecule has 0 saturated carbocycles. The van der Waals surface area contributed by atoms with Gasteiger partial charge in [0.25, 0.3) is 0 Å². The fourth-order valence-electron chi connectivity index (χ4n) is 2.95. The Kier molecular flexibility index (Phi) is 3.65. The molecule has 3 atom stereocenters. The van der Waals surface area contributed by atoms with Crippen LogP contribution in [0.15, 0.2) is 0 Å². The van der Waals surface area contributed by atoms with Gasteiger partial charge in [0.2, 0.25) is 0 Å². The van der Waals surface area contributed by atoms with Crippen LogP contribution in [0.1, 0.15) is 33.1 Å². The normalized spacial score (nSPS) is 43.4. The Morgan fingerprint density at radius 1 is 1.13 bits per heavy atom. The van der Waals surface area contributed by atoms with Gasteiger partial charge in [0.15, 0.2) is 0 Å². The smallest absolute Gasteiger partial charge is 0.0565 e. The number of ether oxygens (including phenoxy) is 1. The van der Waals surface area contributed by atoms with Crippen molar-refractivity contribution in [3.8, 4) is 0 Å². The molecule has 0 radical (unpaired) electrons. The van der Waals surface area contributed by atoms with Crippen molar-refractivity contribution in [1.29, 1.82) is 0 Å². The molecule has 0 bridgehead atoms. The van der Waals surface area contributed by atoms with Crippen molar-refractivity contribution in [3.05, 3.63) is 0 Å². The topological polar surface area (TPSA) is 24.5 Å². The third-order valence-electron chi connectivity index (χ3n) is 3.56. The minimum atomic E-state index is 0.422. The Labute approximate surface area is 93.2 Å². The molecule has 0 amide bonds. The van der Waals surface area contributed by atoms with E-state index in [-0.39, 0.29) is 0 Å². The van der Waals surface area contributed by atoms with E-state index in [9.17, 15) is 0 Å². The lowest BCUT2D eigenvalue weighted by molar-refractivity contribution is -0.0433. The second-order valence-corrected chi connectivity index (χ2v) is 5.34. The van der Waals surface area contributed by atoms with Gasteiger partial charge in [-0.2, -0.15) is 0 Å². The summed E-state index contributed by atoms with van der Waals surface area (Å²) in [7, 11) is 2.21. The molecule has 2 aliphatic heterocycles. The first-order chi connectivity index (χ1) is 7.13. The van der Waals surface area contributed by atoms with Gasteiger partial charge in [-0.1, -0.05) is 0 Å². The lowest BCUT2D eigenvalue weighted by atomic mass is 9.99. The molecule has 0 aliphatic carbocycles. The Balaban J connectivity index is 1.78. The first kappa shape index (κ1) is 11.4. The van der Waals surface area contributed by atoms with Crippen LogP contribution in [0.4, 0.5) is 0 Å². The molecule has 3 nitrogen and oxygen atoms in total. The highest BCUT2D eigenvalue weighted by Crippen LogP contribution is 2.20. The maximum absolute atomic E-state index is 5.75. The number of nitrogens with zero attached hydrogens (tertiary/aromatic N) is 1. The van der Waals surface area contributed by atoms with Crippen LogP contribution in [0.5, 0.6) is 0 Å². The van der Waals surface area contributed by atoms with Crippen LogP contribution in [0.2, 0.25) is 0 Å². The van der Waals surface area contributed by atoms with Gasteiger partial charge in [-0.15, -0.1) is 0 Å². The van der Waals surface area contributed by atoms with Crippen LogP contribution in [-0.4, -0.2) is 49.3 Å². The molecule has 0 aromatic rings. The molecular weight excluding hydrogens is 188 g/mol. The zero-order valence-corrected chi connectivity index (χ0v) is 10.2. The second kappa shape index (κ2) is 4.81. The van der Waals surface area contributed by atoms with Gasteiger partial charge in [-0.3, -0.25) is 0 Å². The van der Waals surface area contributed by atoms with E-state index in [2.05, 4.69) is 31.1 Å². The molecule has 2 aliphatic rings. The summed E-state index contributed by atoms with van der Waals surface area (Å²) >= 11 is 0. The molecule has 0 aromatic carbocycles. The fourth-order valence-corrected chi connectivity index (χ4v) is 2.95. The highest BCUT2D eigenvalue weighted by molar-refractivity contribution is 4.86. The highest BCUT2D eigenvalue weighted by atomic mass is 16.5. The van der Waals surface area contributed by atoms with E-state index in [1.54, 1.807) is 0 Å². The second-order valence-electron chi connectivity index (χ2n) is 5.34. The molecule has 1 N–H and O–H groups in total. The number of hydrogen-bond acceptors (Lipinski definition) is 3. The first-order valence-electron chi connectivity index (χ1n) is 6.23. The summed E-state index contributed by atoms with van der Waals surface area (Å²) in [6.07, 6.45) is 4.49. The molecule has 2 saturated heterocycles. The Morgan fingerprint density at radius 3 is 2.33 bits per heavy atom. The zero-order valence-electron chi connectivity index (χ0n) is 10.2. The van der Waals surface area contributed by atoms with E-state index in [1.807, 2.05) is 0 Å². The van der Waals surface area contributed by atoms with Gasteiger partial charge in [0, 0.05) is 18.6 Å². The molecule has 0 unspecified atom stereocenters. The van der Waals surface area contributed by atoms with Crippen molar-refractivity contribution < 1.29 is 4.74 Å². The van der Waals surface area contributed by atoms with Gasteiger partial charge in [0.05, 0.1) is 12.2 Å². The fraction of sp³-hybridized carbons (Fsp3) is 1.00. The summed E-state index contributed by atoms with van der Waals surface area (Å²) in [6, 6.07) is 1.37. The summed E-state index contributed by atoms with van der Waals surface area (Å²) in [5.41, 5.74) is 0. The summed E-state index contributed by atoms with van der Waals surface area (Å²) < 4.78 is 5.75. The predicted octanol–water partition coefficient (Wildman–Crippen LogP) is 1.24. The molecule has 0 aromatic heterocycles. The van der Waals surface area contributed by atoms with Crippen LogP contribution in [-0.2, 0) is 4.74 Å². The number of likely N-dealkylation sites (N-methyl/N-ethyl adjacent to an activating group) is 1. The Bertz CT molecular complexity index is 200. The molecule has 2 fully saturated rings. The Hall–Kier alpha value is -0.120. The monoisotopic (exact) mass is 212 g/mol. The zero-order chi connectivity index (χ0) is 10.8. The molecule has 2 heterocycles. The predicted molar refractivity (Wildman–Crippen MR) is 62.1 cm³/mol. The van der Waals surface area contributed by atoms with E-state index < -0.39 is 0 Å². The third-order valence-corrected chi connectivity index (χ3v) is 3.56. The number of hydrogen-bond donors (Lipinski definition) is 1. The van der Waals surface area contributed by atoms with E-state index in [4.69, 9.17) is 4.74 Å². The summed E-state index contributed by atoms with van der Waals surface area (Å²) in [5, 5.41) is 3.79. The van der Waals surface area contributed by atoms with Crippen molar-refractivity contribution in [1.82, 2.24) is 10.2 Å². The lowest BCUT2D eigenvalue weighted by Crippen LogP contribution is -2.46. The van der Waals surface area contributed by atoms with E-state index in [1.165, 1.54) is 32.4 Å². The van der Waals surface area contributed by atoms with Crippen molar-refractivity contribution in [2.75, 3.05) is 20.1 Å². The van der Waals surface area contributed by atoms with Crippen LogP contribution < -0.4 is 5.32 Å². The maximum Gasteiger partial charge on any atom is 0.0565 e. The van der Waals surface area contributed by atoms with Gasteiger partial charge >= 0.3 is 0 Å². The number of likely N-dealkylation sites (tertiary alicyclic amines) is 1. The maximum atomic E-state index is 5.75. The van der Waals surface area contributed by atoms with Crippen molar-refractivity contribution in [2.24, 2.45) is 0 Å². The molecule has 88 valence electrons. The minimum Gasteiger partial charge on any atom is -0.375 e. The van der Waals surface area contributed by atoms with Crippen LogP contribution in [0, 0.1) is 0 Å². The lowest BCUT2D eigenvalue weighted by Gasteiger charge is -2.34. The van der Waals surface area contributed by atoms with Crippen LogP contribution in [0.25, 0.3) is 0 Å². The third kappa shape index (κ3) is 3.16. The van der Waals surface area contributed by atoms with E-state index >= 15 is 0 Å². The highest BCUT2D eigenvalue weighted by Gasteiger charge is 2.28. The van der Waals surface area contributed by atoms with Crippen molar-refractivity contribution in [3.63, 3.8) is 0 Å². The molecular formula is C12H24N2O. The molecule has 0 spiro atoms. The Morgan fingerprint density at radius 2 is 1.80 bits per heavy atom. The average molecular weight is 212 g/mol. The van der Waals surface area contributed by atoms with E-state index in [0.29, 0.717) is 24.3 Å². The minimum absolute atomic E-state index is 0.422.